The van der Waals surface area contributed by atoms with E-state index < -0.39 is 18.1 Å². The first-order valence-corrected chi connectivity index (χ1v) is 6.17. The smallest absolute Gasteiger partial charge is 0.287 e. The van der Waals surface area contributed by atoms with Crippen LogP contribution in [0.2, 0.25) is 0 Å². The highest BCUT2D eigenvalue weighted by atomic mass is 32.1. The summed E-state index contributed by atoms with van der Waals surface area (Å²) in [5.41, 5.74) is -1.97. The van der Waals surface area contributed by atoms with Gasteiger partial charge in [-0.2, -0.15) is 10.1 Å². The molecule has 0 bridgehead atoms. The largest absolute Gasteiger partial charge is 0.364 e. The Labute approximate surface area is 107 Å². The molecule has 7 heteroatoms. The molecule has 1 aromatic rings. The van der Waals surface area contributed by atoms with E-state index >= 15 is 0 Å². The highest BCUT2D eigenvalue weighted by Gasteiger charge is 2.51. The van der Waals surface area contributed by atoms with E-state index in [9.17, 15) is 18.7 Å². The maximum Gasteiger partial charge on any atom is 0.287 e. The standard InChI is InChI=1S/C11H12F2N2O2S/c1-6-4-11(17,10(12)13)15(14-6)9(16)8-3-7(2)18-5-8/h3,5,10,17H,4H2,1-2H3. The second-order valence-electron chi connectivity index (χ2n) is 4.25. The van der Waals surface area contributed by atoms with Gasteiger partial charge in [-0.15, -0.1) is 11.3 Å². The van der Waals surface area contributed by atoms with Crippen LogP contribution in [0.1, 0.15) is 28.6 Å². The maximum atomic E-state index is 12.9. The Morgan fingerprint density at radius 3 is 2.78 bits per heavy atom. The van der Waals surface area contributed by atoms with Crippen molar-refractivity contribution in [2.45, 2.75) is 32.4 Å². The van der Waals surface area contributed by atoms with E-state index in [0.717, 1.165) is 4.88 Å². The number of halogens is 2. The first-order valence-electron chi connectivity index (χ1n) is 5.29. The maximum absolute atomic E-state index is 12.9. The van der Waals surface area contributed by atoms with Crippen LogP contribution in [-0.4, -0.2) is 33.9 Å². The average molecular weight is 274 g/mol. The first-order chi connectivity index (χ1) is 8.34. The van der Waals surface area contributed by atoms with Crippen molar-refractivity contribution in [2.75, 3.05) is 0 Å². The predicted molar refractivity (Wildman–Crippen MR) is 63.9 cm³/mol. The lowest BCUT2D eigenvalue weighted by atomic mass is 10.1. The van der Waals surface area contributed by atoms with Crippen LogP contribution in [0.3, 0.4) is 0 Å². The Morgan fingerprint density at radius 2 is 2.28 bits per heavy atom. The van der Waals surface area contributed by atoms with Crippen LogP contribution in [0.4, 0.5) is 8.78 Å². The summed E-state index contributed by atoms with van der Waals surface area (Å²) in [6.45, 7) is 3.30. The van der Waals surface area contributed by atoms with Crippen LogP contribution in [0.5, 0.6) is 0 Å². The molecule has 1 atom stereocenters. The molecule has 0 aliphatic carbocycles. The molecule has 1 aliphatic heterocycles. The van der Waals surface area contributed by atoms with Crippen molar-refractivity contribution < 1.29 is 18.7 Å². The van der Waals surface area contributed by atoms with E-state index in [1.807, 2.05) is 0 Å². The number of carbonyl (C=O) groups excluding carboxylic acids is 1. The molecule has 18 heavy (non-hydrogen) atoms. The molecule has 0 aromatic carbocycles. The van der Waals surface area contributed by atoms with E-state index in [-0.39, 0.29) is 12.0 Å². The zero-order chi connectivity index (χ0) is 13.5. The molecular weight excluding hydrogens is 262 g/mol. The molecule has 0 spiro atoms. The number of nitrogens with zero attached hydrogens (tertiary/aromatic N) is 2. The van der Waals surface area contributed by atoms with Crippen molar-refractivity contribution in [1.29, 1.82) is 0 Å². The number of carbonyl (C=O) groups is 1. The molecule has 4 nitrogen and oxygen atoms in total. The number of hydrazone groups is 1. The van der Waals surface area contributed by atoms with E-state index in [1.54, 1.807) is 18.4 Å². The monoisotopic (exact) mass is 274 g/mol. The summed E-state index contributed by atoms with van der Waals surface area (Å²) in [4.78, 5) is 12.9. The van der Waals surface area contributed by atoms with Gasteiger partial charge in [-0.1, -0.05) is 0 Å². The van der Waals surface area contributed by atoms with Crippen molar-refractivity contribution in [2.24, 2.45) is 5.10 Å². The van der Waals surface area contributed by atoms with Crippen molar-refractivity contribution >= 4 is 23.0 Å². The first kappa shape index (κ1) is 13.1. The van der Waals surface area contributed by atoms with Gasteiger partial charge in [0.1, 0.15) is 0 Å². The van der Waals surface area contributed by atoms with Gasteiger partial charge < -0.3 is 5.11 Å². The predicted octanol–water partition coefficient (Wildman–Crippen LogP) is 2.23. The molecule has 2 heterocycles. The average Bonchev–Trinajstić information content (AvgIpc) is 2.82. The number of amides is 1. The van der Waals surface area contributed by atoms with E-state index in [4.69, 9.17) is 0 Å². The molecule has 1 aromatic heterocycles. The fraction of sp³-hybridized carbons (Fsp3) is 0.455. The van der Waals surface area contributed by atoms with Crippen LogP contribution in [0.25, 0.3) is 0 Å². The van der Waals surface area contributed by atoms with Crippen LogP contribution in [-0.2, 0) is 0 Å². The fourth-order valence-electron chi connectivity index (χ4n) is 1.81. The molecule has 2 rings (SSSR count). The van der Waals surface area contributed by atoms with Crippen molar-refractivity contribution in [3.63, 3.8) is 0 Å². The van der Waals surface area contributed by atoms with Gasteiger partial charge in [-0.3, -0.25) is 4.79 Å². The minimum atomic E-state index is -3.07. The molecule has 0 saturated heterocycles. The molecule has 0 saturated carbocycles. The van der Waals surface area contributed by atoms with Gasteiger partial charge in [0.15, 0.2) is 0 Å². The van der Waals surface area contributed by atoms with Crippen molar-refractivity contribution in [3.8, 4) is 0 Å². The van der Waals surface area contributed by atoms with Crippen LogP contribution < -0.4 is 0 Å². The van der Waals surface area contributed by atoms with Crippen LogP contribution >= 0.6 is 11.3 Å². The molecule has 1 N–H and O–H groups in total. The minimum Gasteiger partial charge on any atom is -0.364 e. The summed E-state index contributed by atoms with van der Waals surface area (Å²) >= 11 is 1.34. The van der Waals surface area contributed by atoms with Gasteiger partial charge in [0.2, 0.25) is 5.72 Å². The van der Waals surface area contributed by atoms with Gasteiger partial charge in [-0.05, 0) is 19.9 Å². The Kier molecular flexibility index (Phi) is 3.20. The Bertz CT molecular complexity index is 515. The van der Waals surface area contributed by atoms with Gasteiger partial charge in [0.25, 0.3) is 12.3 Å². The van der Waals surface area contributed by atoms with Crippen LogP contribution in [0, 0.1) is 6.92 Å². The summed E-state index contributed by atoms with van der Waals surface area (Å²) in [5.74, 6) is -0.709. The van der Waals surface area contributed by atoms with E-state index in [1.165, 1.54) is 18.3 Å². The lowest BCUT2D eigenvalue weighted by Gasteiger charge is -2.29. The summed E-state index contributed by atoms with van der Waals surface area (Å²) < 4.78 is 25.8. The minimum absolute atomic E-state index is 0.259. The third kappa shape index (κ3) is 2.04. The normalized spacial score (nSPS) is 23.7. The Balaban J connectivity index is 2.34. The number of aliphatic hydroxyl groups is 1. The van der Waals surface area contributed by atoms with Gasteiger partial charge in [0, 0.05) is 22.4 Å². The Hall–Kier alpha value is -1.34. The molecule has 0 fully saturated rings. The number of aryl methyl sites for hydroxylation is 1. The molecule has 1 aliphatic rings. The van der Waals surface area contributed by atoms with E-state index in [2.05, 4.69) is 5.10 Å². The second-order valence-corrected chi connectivity index (χ2v) is 5.37. The second kappa shape index (κ2) is 4.40. The number of hydrogen-bond donors (Lipinski definition) is 1. The van der Waals surface area contributed by atoms with Crippen LogP contribution in [0.15, 0.2) is 16.5 Å². The molecule has 1 unspecified atom stereocenters. The van der Waals surface area contributed by atoms with Gasteiger partial charge >= 0.3 is 0 Å². The van der Waals surface area contributed by atoms with Gasteiger partial charge in [-0.25, -0.2) is 8.78 Å². The fourth-order valence-corrected chi connectivity index (χ4v) is 2.49. The quantitative estimate of drug-likeness (QED) is 0.899. The summed E-state index contributed by atoms with van der Waals surface area (Å²) in [6.07, 6.45) is -3.40. The van der Waals surface area contributed by atoms with Gasteiger partial charge in [0.05, 0.1) is 5.56 Å². The molecule has 98 valence electrons. The highest BCUT2D eigenvalue weighted by molar-refractivity contribution is 7.10. The topological polar surface area (TPSA) is 52.9 Å². The zero-order valence-electron chi connectivity index (χ0n) is 9.85. The zero-order valence-corrected chi connectivity index (χ0v) is 10.7. The number of rotatable bonds is 2. The molecule has 0 radical (unpaired) electrons. The lowest BCUT2D eigenvalue weighted by Crippen LogP contribution is -2.51. The third-order valence-electron chi connectivity index (χ3n) is 2.67. The summed E-state index contributed by atoms with van der Waals surface area (Å²) in [6, 6.07) is 1.59. The summed E-state index contributed by atoms with van der Waals surface area (Å²) in [7, 11) is 0. The summed E-state index contributed by atoms with van der Waals surface area (Å²) in [5, 5.41) is 15.7. The number of hydrogen-bond acceptors (Lipinski definition) is 4. The van der Waals surface area contributed by atoms with Crippen molar-refractivity contribution in [3.05, 3.63) is 21.9 Å². The highest BCUT2D eigenvalue weighted by Crippen LogP contribution is 2.33. The third-order valence-corrected chi connectivity index (χ3v) is 3.53. The molecular formula is C11H12F2N2O2S. The molecule has 1 amide bonds. The number of alkyl halides is 2. The van der Waals surface area contributed by atoms with E-state index in [0.29, 0.717) is 10.7 Å². The van der Waals surface area contributed by atoms with Crippen molar-refractivity contribution in [1.82, 2.24) is 5.01 Å². The SMILES string of the molecule is CC1=NN(C(=O)c2csc(C)c2)C(O)(C(F)F)C1. The number of thiophene rings is 1. The lowest BCUT2D eigenvalue weighted by molar-refractivity contribution is -0.164. The Morgan fingerprint density at radius 1 is 1.61 bits per heavy atom.